The molecule has 0 heterocycles. The summed E-state index contributed by atoms with van der Waals surface area (Å²) in [6, 6.07) is 0.711. The molecule has 1 nitrogen and oxygen atoms in total. The number of rotatable bonds is 1. The van der Waals surface area contributed by atoms with Crippen LogP contribution in [-0.2, 0) is 0 Å². The lowest BCUT2D eigenvalue weighted by Gasteiger charge is -2.29. The molecule has 4 unspecified atom stereocenters. The van der Waals surface area contributed by atoms with E-state index in [0.717, 1.165) is 17.8 Å². The van der Waals surface area contributed by atoms with E-state index >= 15 is 0 Å². The molecule has 2 bridgehead atoms. The molecule has 0 amide bonds. The van der Waals surface area contributed by atoms with E-state index in [1.807, 2.05) is 0 Å². The topological polar surface area (TPSA) is 12.0 Å². The van der Waals surface area contributed by atoms with E-state index in [9.17, 15) is 0 Å². The number of hydrogen-bond donors (Lipinski definition) is 1. The Morgan fingerprint density at radius 1 is 1.21 bits per heavy atom. The average molecular weight is 193 g/mol. The first-order chi connectivity index (χ1) is 6.69. The van der Waals surface area contributed by atoms with Gasteiger partial charge in [0.1, 0.15) is 0 Å². The zero-order valence-corrected chi connectivity index (χ0v) is 9.72. The Balaban J connectivity index is 2.15. The Bertz CT molecular complexity index is 231. The normalized spacial score (nSPS) is 42.9. The van der Waals surface area contributed by atoms with E-state index in [1.54, 1.807) is 5.57 Å². The van der Waals surface area contributed by atoms with Crippen LogP contribution >= 0.6 is 0 Å². The Hall–Kier alpha value is -0.300. The fraction of sp³-hybridized carbons (Fsp3) is 0.846. The Kier molecular flexibility index (Phi) is 2.96. The Morgan fingerprint density at radius 2 is 2.00 bits per heavy atom. The van der Waals surface area contributed by atoms with Crippen LogP contribution in [0, 0.1) is 17.8 Å². The average Bonchev–Trinajstić information content (AvgIpc) is 2.22. The first kappa shape index (κ1) is 10.2. The summed E-state index contributed by atoms with van der Waals surface area (Å²) < 4.78 is 0. The van der Waals surface area contributed by atoms with Gasteiger partial charge in [-0.15, -0.1) is 0 Å². The summed E-state index contributed by atoms with van der Waals surface area (Å²) in [5.41, 5.74) is 1.74. The molecule has 1 heteroatoms. The third-order valence-corrected chi connectivity index (χ3v) is 3.99. The van der Waals surface area contributed by atoms with Crippen molar-refractivity contribution in [3.63, 3.8) is 0 Å². The third-order valence-electron chi connectivity index (χ3n) is 3.99. The second kappa shape index (κ2) is 4.06. The van der Waals surface area contributed by atoms with Crippen molar-refractivity contribution in [1.82, 2.24) is 5.32 Å². The van der Waals surface area contributed by atoms with Gasteiger partial charge in [0, 0.05) is 6.04 Å². The molecule has 0 saturated heterocycles. The van der Waals surface area contributed by atoms with Crippen molar-refractivity contribution in [2.45, 2.75) is 45.6 Å². The zero-order valence-electron chi connectivity index (χ0n) is 9.72. The molecule has 14 heavy (non-hydrogen) atoms. The number of nitrogens with one attached hydrogen (secondary N) is 1. The third kappa shape index (κ3) is 2.03. The summed E-state index contributed by atoms with van der Waals surface area (Å²) in [6.07, 6.45) is 8.10. The van der Waals surface area contributed by atoms with Crippen LogP contribution in [0.1, 0.15) is 39.5 Å². The van der Waals surface area contributed by atoms with Gasteiger partial charge in [-0.1, -0.05) is 25.5 Å². The second-order valence-electron chi connectivity index (χ2n) is 5.43. The van der Waals surface area contributed by atoms with Crippen LogP contribution in [0.25, 0.3) is 0 Å². The van der Waals surface area contributed by atoms with Gasteiger partial charge in [0.2, 0.25) is 0 Å². The monoisotopic (exact) mass is 193 g/mol. The van der Waals surface area contributed by atoms with Crippen LogP contribution in [-0.4, -0.2) is 13.1 Å². The first-order valence-electron chi connectivity index (χ1n) is 6.06. The summed E-state index contributed by atoms with van der Waals surface area (Å²) in [5, 5.41) is 3.48. The van der Waals surface area contributed by atoms with E-state index in [-0.39, 0.29) is 0 Å². The van der Waals surface area contributed by atoms with E-state index in [2.05, 4.69) is 32.3 Å². The molecular weight excluding hydrogens is 170 g/mol. The Labute approximate surface area is 88.0 Å². The summed E-state index contributed by atoms with van der Waals surface area (Å²) in [5.74, 6) is 2.60. The van der Waals surface area contributed by atoms with Crippen molar-refractivity contribution < 1.29 is 0 Å². The van der Waals surface area contributed by atoms with Crippen LogP contribution in [0.2, 0.25) is 0 Å². The lowest BCUT2D eigenvalue weighted by Crippen LogP contribution is -2.32. The molecule has 4 atom stereocenters. The van der Waals surface area contributed by atoms with Gasteiger partial charge in [0.05, 0.1) is 0 Å². The second-order valence-corrected chi connectivity index (χ2v) is 5.43. The lowest BCUT2D eigenvalue weighted by molar-refractivity contribution is 0.289. The SMILES string of the molecule is CNC1CC2CC(=CC1C)CC(C)C2. The summed E-state index contributed by atoms with van der Waals surface area (Å²) in [4.78, 5) is 0. The number of hydrogen-bond acceptors (Lipinski definition) is 1. The summed E-state index contributed by atoms with van der Waals surface area (Å²) >= 11 is 0. The minimum atomic E-state index is 0.711. The maximum Gasteiger partial charge on any atom is 0.0127 e. The van der Waals surface area contributed by atoms with Gasteiger partial charge < -0.3 is 5.32 Å². The molecule has 0 aromatic rings. The molecular formula is C13H23N. The molecule has 0 aliphatic heterocycles. The van der Waals surface area contributed by atoms with Gasteiger partial charge in [0.25, 0.3) is 0 Å². The highest BCUT2D eigenvalue weighted by molar-refractivity contribution is 5.13. The largest absolute Gasteiger partial charge is 0.316 e. The highest BCUT2D eigenvalue weighted by Gasteiger charge is 2.29. The molecule has 1 fully saturated rings. The Morgan fingerprint density at radius 3 is 2.71 bits per heavy atom. The maximum absolute atomic E-state index is 3.48. The van der Waals surface area contributed by atoms with E-state index in [1.165, 1.54) is 25.7 Å². The minimum absolute atomic E-state index is 0.711. The van der Waals surface area contributed by atoms with Crippen molar-refractivity contribution in [1.29, 1.82) is 0 Å². The van der Waals surface area contributed by atoms with Crippen molar-refractivity contribution in [3.8, 4) is 0 Å². The fourth-order valence-electron chi connectivity index (χ4n) is 3.40. The van der Waals surface area contributed by atoms with Gasteiger partial charge in [-0.3, -0.25) is 0 Å². The minimum Gasteiger partial charge on any atom is -0.316 e. The molecule has 2 aliphatic rings. The van der Waals surface area contributed by atoms with Crippen molar-refractivity contribution in [3.05, 3.63) is 11.6 Å². The van der Waals surface area contributed by atoms with Crippen LogP contribution in [0.5, 0.6) is 0 Å². The van der Waals surface area contributed by atoms with Crippen molar-refractivity contribution in [2.75, 3.05) is 7.05 Å². The molecule has 0 spiro atoms. The molecule has 1 N–H and O–H groups in total. The van der Waals surface area contributed by atoms with E-state index in [0.29, 0.717) is 6.04 Å². The van der Waals surface area contributed by atoms with Crippen LogP contribution < -0.4 is 5.32 Å². The highest BCUT2D eigenvalue weighted by Crippen LogP contribution is 2.39. The molecule has 0 aromatic heterocycles. The summed E-state index contributed by atoms with van der Waals surface area (Å²) in [7, 11) is 2.11. The molecule has 0 radical (unpaired) electrons. The molecule has 2 rings (SSSR count). The molecule has 2 aliphatic carbocycles. The van der Waals surface area contributed by atoms with Gasteiger partial charge in [-0.05, 0) is 50.5 Å². The maximum atomic E-state index is 3.48. The van der Waals surface area contributed by atoms with Gasteiger partial charge in [-0.2, -0.15) is 0 Å². The standard InChI is InChI=1S/C13H23N/c1-9-4-11-6-10(2)13(14-3)8-12(5-9)7-11/h6,9-10,12-14H,4-5,7-8H2,1-3H3. The zero-order chi connectivity index (χ0) is 10.1. The van der Waals surface area contributed by atoms with E-state index in [4.69, 9.17) is 0 Å². The summed E-state index contributed by atoms with van der Waals surface area (Å²) in [6.45, 7) is 4.77. The van der Waals surface area contributed by atoms with Gasteiger partial charge in [0.15, 0.2) is 0 Å². The quantitative estimate of drug-likeness (QED) is 0.631. The fourth-order valence-corrected chi connectivity index (χ4v) is 3.40. The van der Waals surface area contributed by atoms with Crippen LogP contribution in [0.4, 0.5) is 0 Å². The van der Waals surface area contributed by atoms with Crippen LogP contribution in [0.3, 0.4) is 0 Å². The lowest BCUT2D eigenvalue weighted by atomic mass is 9.78. The highest BCUT2D eigenvalue weighted by atomic mass is 14.9. The predicted molar refractivity (Wildman–Crippen MR) is 61.2 cm³/mol. The van der Waals surface area contributed by atoms with Crippen molar-refractivity contribution in [2.24, 2.45) is 17.8 Å². The van der Waals surface area contributed by atoms with Gasteiger partial charge >= 0.3 is 0 Å². The van der Waals surface area contributed by atoms with E-state index < -0.39 is 0 Å². The first-order valence-corrected chi connectivity index (χ1v) is 6.06. The van der Waals surface area contributed by atoms with Gasteiger partial charge in [-0.25, -0.2) is 0 Å². The van der Waals surface area contributed by atoms with Crippen LogP contribution in [0.15, 0.2) is 11.6 Å². The molecule has 1 saturated carbocycles. The van der Waals surface area contributed by atoms with Crippen molar-refractivity contribution >= 4 is 0 Å². The molecule has 80 valence electrons. The number of fused-ring (bicyclic) bond motifs is 2. The smallest absolute Gasteiger partial charge is 0.0127 e. The predicted octanol–water partition coefficient (Wildman–Crippen LogP) is 2.98. The number of allylic oxidation sites excluding steroid dienone is 1. The molecule has 0 aromatic carbocycles.